The summed E-state index contributed by atoms with van der Waals surface area (Å²) >= 11 is 1.66. The molecular formula is C11H13N3S. The summed E-state index contributed by atoms with van der Waals surface area (Å²) in [6.07, 6.45) is 1.82. The van der Waals surface area contributed by atoms with E-state index in [2.05, 4.69) is 21.4 Å². The molecule has 2 rings (SSSR count). The molecule has 0 unspecified atom stereocenters. The van der Waals surface area contributed by atoms with E-state index >= 15 is 0 Å². The molecule has 0 aliphatic carbocycles. The predicted molar refractivity (Wildman–Crippen MR) is 63.2 cm³/mol. The van der Waals surface area contributed by atoms with Crippen LogP contribution in [0.5, 0.6) is 0 Å². The van der Waals surface area contributed by atoms with E-state index in [4.69, 9.17) is 0 Å². The Morgan fingerprint density at radius 3 is 2.87 bits per heavy atom. The van der Waals surface area contributed by atoms with Crippen molar-refractivity contribution >= 4 is 17.0 Å². The van der Waals surface area contributed by atoms with Gasteiger partial charge in [0, 0.05) is 17.3 Å². The summed E-state index contributed by atoms with van der Waals surface area (Å²) in [7, 11) is 0. The summed E-state index contributed by atoms with van der Waals surface area (Å²) in [4.78, 5) is 8.61. The van der Waals surface area contributed by atoms with Crippen LogP contribution in [0.1, 0.15) is 16.4 Å². The number of hydrogen-bond acceptors (Lipinski definition) is 4. The monoisotopic (exact) mass is 219 g/mol. The highest BCUT2D eigenvalue weighted by atomic mass is 32.1. The van der Waals surface area contributed by atoms with Gasteiger partial charge in [0.05, 0.1) is 17.9 Å². The molecule has 0 bridgehead atoms. The highest BCUT2D eigenvalue weighted by Gasteiger charge is 2.00. The Kier molecular flexibility index (Phi) is 2.97. The van der Waals surface area contributed by atoms with Crippen molar-refractivity contribution in [3.05, 3.63) is 40.1 Å². The number of rotatable bonds is 3. The van der Waals surface area contributed by atoms with Crippen LogP contribution in [0.4, 0.5) is 5.69 Å². The van der Waals surface area contributed by atoms with Crippen LogP contribution < -0.4 is 5.32 Å². The summed E-state index contributed by atoms with van der Waals surface area (Å²) < 4.78 is 0. The van der Waals surface area contributed by atoms with Gasteiger partial charge in [0.25, 0.3) is 0 Å². The van der Waals surface area contributed by atoms with Crippen molar-refractivity contribution in [2.45, 2.75) is 20.4 Å². The second kappa shape index (κ2) is 4.40. The Balaban J connectivity index is 2.05. The maximum absolute atomic E-state index is 4.39. The molecule has 0 amide bonds. The number of nitrogens with zero attached hydrogens (tertiary/aromatic N) is 2. The minimum Gasteiger partial charge on any atom is -0.377 e. The van der Waals surface area contributed by atoms with Crippen LogP contribution >= 0.6 is 11.3 Å². The lowest BCUT2D eigenvalue weighted by Gasteiger charge is -2.07. The average Bonchev–Trinajstić information content (AvgIpc) is 2.69. The quantitative estimate of drug-likeness (QED) is 0.862. The van der Waals surface area contributed by atoms with Gasteiger partial charge in [-0.2, -0.15) is 0 Å². The summed E-state index contributed by atoms with van der Waals surface area (Å²) in [5.41, 5.74) is 3.16. The molecule has 0 aliphatic rings. The lowest BCUT2D eigenvalue weighted by Crippen LogP contribution is -2.02. The number of nitrogens with one attached hydrogen (secondary N) is 1. The first-order valence-electron chi connectivity index (χ1n) is 4.82. The fourth-order valence-corrected chi connectivity index (χ4v) is 1.94. The zero-order valence-electron chi connectivity index (χ0n) is 8.82. The Hall–Kier alpha value is -1.42. The first-order chi connectivity index (χ1) is 7.25. The minimum absolute atomic E-state index is 0.767. The van der Waals surface area contributed by atoms with Crippen molar-refractivity contribution in [1.29, 1.82) is 0 Å². The molecule has 1 N–H and O–H groups in total. The van der Waals surface area contributed by atoms with Gasteiger partial charge in [0.15, 0.2) is 0 Å². The third-order valence-electron chi connectivity index (χ3n) is 2.14. The Bertz CT molecular complexity index is 437. The lowest BCUT2D eigenvalue weighted by molar-refractivity contribution is 1.06. The van der Waals surface area contributed by atoms with E-state index in [1.165, 1.54) is 0 Å². The van der Waals surface area contributed by atoms with Gasteiger partial charge in [0.2, 0.25) is 0 Å². The maximum Gasteiger partial charge on any atom is 0.112 e. The second-order valence-electron chi connectivity index (χ2n) is 3.36. The average molecular weight is 219 g/mol. The molecule has 2 heterocycles. The van der Waals surface area contributed by atoms with Crippen LogP contribution in [0.15, 0.2) is 23.7 Å². The van der Waals surface area contributed by atoms with Crippen molar-refractivity contribution < 1.29 is 0 Å². The van der Waals surface area contributed by atoms with Gasteiger partial charge in [-0.1, -0.05) is 0 Å². The summed E-state index contributed by atoms with van der Waals surface area (Å²) in [5, 5.41) is 6.40. The molecular weight excluding hydrogens is 206 g/mol. The summed E-state index contributed by atoms with van der Waals surface area (Å²) in [5.74, 6) is 0. The third kappa shape index (κ3) is 2.53. The fraction of sp³-hybridized carbons (Fsp3) is 0.273. The van der Waals surface area contributed by atoms with Gasteiger partial charge in [-0.25, -0.2) is 4.98 Å². The fourth-order valence-electron chi connectivity index (χ4n) is 1.38. The third-order valence-corrected chi connectivity index (χ3v) is 2.92. The van der Waals surface area contributed by atoms with E-state index < -0.39 is 0 Å². The second-order valence-corrected chi connectivity index (χ2v) is 4.34. The molecule has 0 spiro atoms. The Morgan fingerprint density at radius 2 is 2.20 bits per heavy atom. The Labute approximate surface area is 93.2 Å². The van der Waals surface area contributed by atoms with E-state index in [0.717, 1.165) is 28.6 Å². The van der Waals surface area contributed by atoms with Gasteiger partial charge in [-0.05, 0) is 26.0 Å². The van der Waals surface area contributed by atoms with E-state index in [0.29, 0.717) is 0 Å². The first-order valence-corrected chi connectivity index (χ1v) is 5.70. The molecule has 0 atom stereocenters. The smallest absolute Gasteiger partial charge is 0.112 e. The molecule has 15 heavy (non-hydrogen) atoms. The zero-order valence-corrected chi connectivity index (χ0v) is 9.64. The van der Waals surface area contributed by atoms with Crippen LogP contribution in [0, 0.1) is 13.8 Å². The molecule has 0 saturated heterocycles. The van der Waals surface area contributed by atoms with Crippen molar-refractivity contribution in [1.82, 2.24) is 9.97 Å². The number of hydrogen-bond donors (Lipinski definition) is 1. The van der Waals surface area contributed by atoms with Crippen LogP contribution in [-0.4, -0.2) is 9.97 Å². The summed E-state index contributed by atoms with van der Waals surface area (Å²) in [6, 6.07) is 4.07. The topological polar surface area (TPSA) is 37.8 Å². The molecule has 3 nitrogen and oxygen atoms in total. The minimum atomic E-state index is 0.767. The van der Waals surface area contributed by atoms with Gasteiger partial charge in [0.1, 0.15) is 5.01 Å². The number of aromatic nitrogens is 2. The molecule has 0 fully saturated rings. The molecule has 78 valence electrons. The Morgan fingerprint density at radius 1 is 1.33 bits per heavy atom. The van der Waals surface area contributed by atoms with Crippen LogP contribution in [-0.2, 0) is 6.54 Å². The number of pyridine rings is 1. The normalized spacial score (nSPS) is 10.3. The molecule has 2 aromatic rings. The van der Waals surface area contributed by atoms with Crippen LogP contribution in [0.2, 0.25) is 0 Å². The van der Waals surface area contributed by atoms with Crippen LogP contribution in [0.3, 0.4) is 0 Å². The molecule has 0 radical (unpaired) electrons. The number of thiazole rings is 1. The largest absolute Gasteiger partial charge is 0.377 e. The molecule has 2 aromatic heterocycles. The van der Waals surface area contributed by atoms with Crippen molar-refractivity contribution in [2.24, 2.45) is 0 Å². The molecule has 0 aliphatic heterocycles. The lowest BCUT2D eigenvalue weighted by atomic mass is 10.3. The van der Waals surface area contributed by atoms with Crippen molar-refractivity contribution in [2.75, 3.05) is 5.32 Å². The highest BCUT2D eigenvalue weighted by molar-refractivity contribution is 7.09. The molecule has 0 aromatic carbocycles. The van der Waals surface area contributed by atoms with Crippen molar-refractivity contribution in [3.63, 3.8) is 0 Å². The predicted octanol–water partition coefficient (Wildman–Crippen LogP) is 2.77. The van der Waals surface area contributed by atoms with E-state index in [1.807, 2.05) is 31.5 Å². The van der Waals surface area contributed by atoms with Gasteiger partial charge in [-0.15, -0.1) is 11.3 Å². The van der Waals surface area contributed by atoms with Gasteiger partial charge >= 0.3 is 0 Å². The highest BCUT2D eigenvalue weighted by Crippen LogP contribution is 2.14. The summed E-state index contributed by atoms with van der Waals surface area (Å²) in [6.45, 7) is 4.78. The number of aryl methyl sites for hydroxylation is 2. The van der Waals surface area contributed by atoms with E-state index in [-0.39, 0.29) is 0 Å². The van der Waals surface area contributed by atoms with Gasteiger partial charge < -0.3 is 5.32 Å². The first kappa shape index (κ1) is 10.1. The molecule has 4 heteroatoms. The number of anilines is 1. The van der Waals surface area contributed by atoms with Crippen molar-refractivity contribution in [3.8, 4) is 0 Å². The van der Waals surface area contributed by atoms with Crippen LogP contribution in [0.25, 0.3) is 0 Å². The standard InChI is InChI=1S/C11H13N3S/c1-8-3-4-10(9(2)14-8)13-7-11-12-5-6-15-11/h3-6,13H,7H2,1-2H3. The van der Waals surface area contributed by atoms with E-state index in [9.17, 15) is 0 Å². The zero-order chi connectivity index (χ0) is 10.7. The van der Waals surface area contributed by atoms with Gasteiger partial charge in [-0.3, -0.25) is 4.98 Å². The maximum atomic E-state index is 4.39. The SMILES string of the molecule is Cc1ccc(NCc2nccs2)c(C)n1. The van der Waals surface area contributed by atoms with E-state index in [1.54, 1.807) is 11.3 Å². The molecule has 0 saturated carbocycles.